The van der Waals surface area contributed by atoms with Crippen molar-refractivity contribution >= 4 is 11.6 Å². The van der Waals surface area contributed by atoms with Crippen LogP contribution in [0.2, 0.25) is 0 Å². The van der Waals surface area contributed by atoms with Crippen molar-refractivity contribution in [3.05, 3.63) is 77.4 Å². The van der Waals surface area contributed by atoms with Gasteiger partial charge in [-0.15, -0.1) is 0 Å². The van der Waals surface area contributed by atoms with Gasteiger partial charge in [0, 0.05) is 18.0 Å². The molecule has 0 aliphatic carbocycles. The highest BCUT2D eigenvalue weighted by molar-refractivity contribution is 5.91. The van der Waals surface area contributed by atoms with Gasteiger partial charge in [-0.3, -0.25) is 4.79 Å². The Morgan fingerprint density at radius 2 is 1.62 bits per heavy atom. The van der Waals surface area contributed by atoms with E-state index >= 15 is 0 Å². The van der Waals surface area contributed by atoms with E-state index < -0.39 is 0 Å². The molecule has 1 amide bonds. The van der Waals surface area contributed by atoms with Gasteiger partial charge >= 0.3 is 0 Å². The van der Waals surface area contributed by atoms with Gasteiger partial charge in [-0.25, -0.2) is 0 Å². The summed E-state index contributed by atoms with van der Waals surface area (Å²) < 4.78 is 0. The van der Waals surface area contributed by atoms with Crippen molar-refractivity contribution in [1.82, 2.24) is 5.32 Å². The van der Waals surface area contributed by atoms with E-state index in [1.54, 1.807) is 0 Å². The Morgan fingerprint density at radius 3 is 2.29 bits per heavy atom. The van der Waals surface area contributed by atoms with Gasteiger partial charge in [0.15, 0.2) is 0 Å². The number of amides is 1. The Labute approximate surface area is 144 Å². The summed E-state index contributed by atoms with van der Waals surface area (Å²) in [5, 5.41) is 3.15. The van der Waals surface area contributed by atoms with Crippen molar-refractivity contribution in [3.63, 3.8) is 0 Å². The summed E-state index contributed by atoms with van der Waals surface area (Å²) in [7, 11) is 0. The highest BCUT2D eigenvalue weighted by atomic mass is 16.1. The van der Waals surface area contributed by atoms with Gasteiger partial charge in [-0.05, 0) is 29.5 Å². The fraction of sp³-hybridized carbons (Fsp3) is 0.318. The Hall–Kier alpha value is -2.35. The predicted molar refractivity (Wildman–Crippen MR) is 99.4 cm³/mol. The molecule has 1 atom stereocenters. The molecule has 3 rings (SSSR count). The number of carbonyl (C=O) groups is 1. The zero-order valence-corrected chi connectivity index (χ0v) is 14.3. The van der Waals surface area contributed by atoms with Gasteiger partial charge in [0.2, 0.25) is 5.91 Å². The van der Waals surface area contributed by atoms with E-state index in [1.165, 1.54) is 30.4 Å². The molecule has 0 bridgehead atoms. The molecule has 0 saturated heterocycles. The average molecular weight is 319 g/mol. The van der Waals surface area contributed by atoms with Crippen LogP contribution in [0.15, 0.2) is 66.2 Å². The molecule has 24 heavy (non-hydrogen) atoms. The van der Waals surface area contributed by atoms with Crippen molar-refractivity contribution in [2.75, 3.05) is 0 Å². The number of hydrogen-bond acceptors (Lipinski definition) is 1. The maximum Gasteiger partial charge on any atom is 0.225 e. The summed E-state index contributed by atoms with van der Waals surface area (Å²) in [6, 6.07) is 20.7. The molecule has 1 aliphatic rings. The summed E-state index contributed by atoms with van der Waals surface area (Å²) in [6.45, 7) is 2.23. The zero-order valence-electron chi connectivity index (χ0n) is 14.3. The fourth-order valence-corrected chi connectivity index (χ4v) is 3.49. The standard InChI is InChI=1S/C22H25NO/c1-2-3-6-15-19-20(17-11-7-4-8-12-17)16-21(24)23-22(19)18-13-9-5-10-14-18/h4-5,7-14,20H,2-3,6,15-16H2,1H3,(H,23,24). The van der Waals surface area contributed by atoms with Crippen LogP contribution in [0.4, 0.5) is 0 Å². The number of carbonyl (C=O) groups excluding carboxylic acids is 1. The zero-order chi connectivity index (χ0) is 16.8. The van der Waals surface area contributed by atoms with Crippen LogP contribution in [0.25, 0.3) is 5.70 Å². The highest BCUT2D eigenvalue weighted by Crippen LogP contribution is 2.38. The summed E-state index contributed by atoms with van der Waals surface area (Å²) in [5.74, 6) is 0.300. The topological polar surface area (TPSA) is 29.1 Å². The molecule has 124 valence electrons. The molecule has 1 heterocycles. The van der Waals surface area contributed by atoms with Gasteiger partial charge in [-0.2, -0.15) is 0 Å². The summed E-state index contributed by atoms with van der Waals surface area (Å²) >= 11 is 0. The lowest BCUT2D eigenvalue weighted by molar-refractivity contribution is -0.120. The molecule has 1 unspecified atom stereocenters. The second-order valence-electron chi connectivity index (χ2n) is 6.44. The molecule has 0 aromatic heterocycles. The monoisotopic (exact) mass is 319 g/mol. The number of nitrogens with one attached hydrogen (secondary N) is 1. The van der Waals surface area contributed by atoms with Crippen LogP contribution < -0.4 is 5.32 Å². The lowest BCUT2D eigenvalue weighted by atomic mass is 9.80. The van der Waals surface area contributed by atoms with Crippen LogP contribution in [0.3, 0.4) is 0 Å². The third-order valence-electron chi connectivity index (χ3n) is 4.71. The minimum absolute atomic E-state index is 0.113. The van der Waals surface area contributed by atoms with Crippen LogP contribution in [0, 0.1) is 0 Å². The van der Waals surface area contributed by atoms with Crippen LogP contribution in [-0.2, 0) is 4.79 Å². The lowest BCUT2D eigenvalue weighted by Gasteiger charge is -2.30. The summed E-state index contributed by atoms with van der Waals surface area (Å²) in [6.07, 6.45) is 5.18. The molecule has 2 heteroatoms. The number of allylic oxidation sites excluding steroid dienone is 1. The van der Waals surface area contributed by atoms with Crippen LogP contribution >= 0.6 is 0 Å². The molecule has 0 spiro atoms. The average Bonchev–Trinajstić information content (AvgIpc) is 2.64. The van der Waals surface area contributed by atoms with E-state index in [2.05, 4.69) is 48.6 Å². The van der Waals surface area contributed by atoms with Crippen molar-refractivity contribution < 1.29 is 4.79 Å². The molecule has 2 nitrogen and oxygen atoms in total. The van der Waals surface area contributed by atoms with E-state index in [9.17, 15) is 4.79 Å². The molecule has 0 radical (unpaired) electrons. The third-order valence-corrected chi connectivity index (χ3v) is 4.71. The smallest absolute Gasteiger partial charge is 0.225 e. The minimum Gasteiger partial charge on any atom is -0.326 e. The fourth-order valence-electron chi connectivity index (χ4n) is 3.49. The quantitative estimate of drug-likeness (QED) is 0.721. The van der Waals surface area contributed by atoms with Crippen LogP contribution in [0.5, 0.6) is 0 Å². The summed E-state index contributed by atoms with van der Waals surface area (Å²) in [5.41, 5.74) is 4.75. The van der Waals surface area contributed by atoms with E-state index in [1.807, 2.05) is 24.3 Å². The maximum absolute atomic E-state index is 12.4. The molecule has 0 fully saturated rings. The molecule has 1 N–H and O–H groups in total. The lowest BCUT2D eigenvalue weighted by Crippen LogP contribution is -2.31. The molecular weight excluding hydrogens is 294 g/mol. The Kier molecular flexibility index (Phi) is 5.47. The normalized spacial score (nSPS) is 17.7. The van der Waals surface area contributed by atoms with Crippen molar-refractivity contribution in [2.45, 2.75) is 44.9 Å². The summed E-state index contributed by atoms with van der Waals surface area (Å²) in [4.78, 5) is 12.4. The first-order valence-corrected chi connectivity index (χ1v) is 8.93. The molecule has 0 saturated carbocycles. The molecule has 2 aromatic carbocycles. The van der Waals surface area contributed by atoms with Gasteiger partial charge in [0.05, 0.1) is 0 Å². The van der Waals surface area contributed by atoms with E-state index in [-0.39, 0.29) is 11.8 Å². The van der Waals surface area contributed by atoms with Crippen molar-refractivity contribution in [3.8, 4) is 0 Å². The number of rotatable bonds is 6. The minimum atomic E-state index is 0.113. The van der Waals surface area contributed by atoms with Gasteiger partial charge in [0.25, 0.3) is 0 Å². The SMILES string of the molecule is CCCCCC1=C(c2ccccc2)NC(=O)CC1c1ccccc1. The molecular formula is C22H25NO. The second-order valence-corrected chi connectivity index (χ2v) is 6.44. The first kappa shape index (κ1) is 16.5. The van der Waals surface area contributed by atoms with E-state index in [0.29, 0.717) is 6.42 Å². The first-order chi connectivity index (χ1) is 11.8. The van der Waals surface area contributed by atoms with E-state index in [4.69, 9.17) is 0 Å². The number of hydrogen-bond donors (Lipinski definition) is 1. The maximum atomic E-state index is 12.4. The van der Waals surface area contributed by atoms with Crippen LogP contribution in [0.1, 0.15) is 56.1 Å². The third kappa shape index (κ3) is 3.76. The second kappa shape index (κ2) is 7.96. The van der Waals surface area contributed by atoms with Gasteiger partial charge in [0.1, 0.15) is 0 Å². The number of unbranched alkanes of at least 4 members (excludes halogenated alkanes) is 2. The van der Waals surface area contributed by atoms with Crippen molar-refractivity contribution in [2.24, 2.45) is 0 Å². The molecule has 2 aromatic rings. The van der Waals surface area contributed by atoms with Gasteiger partial charge in [-0.1, -0.05) is 80.4 Å². The van der Waals surface area contributed by atoms with Gasteiger partial charge < -0.3 is 5.32 Å². The van der Waals surface area contributed by atoms with Crippen LogP contribution in [-0.4, -0.2) is 5.91 Å². The van der Waals surface area contributed by atoms with E-state index in [0.717, 1.165) is 17.7 Å². The number of benzene rings is 2. The predicted octanol–water partition coefficient (Wildman–Crippen LogP) is 5.28. The highest BCUT2D eigenvalue weighted by Gasteiger charge is 2.28. The largest absolute Gasteiger partial charge is 0.326 e. The molecule has 1 aliphatic heterocycles. The van der Waals surface area contributed by atoms with Crippen molar-refractivity contribution in [1.29, 1.82) is 0 Å². The Balaban J connectivity index is 2.04. The Bertz CT molecular complexity index is 703. The first-order valence-electron chi connectivity index (χ1n) is 8.93. The Morgan fingerprint density at radius 1 is 0.958 bits per heavy atom.